The molecule has 0 amide bonds. The molecule has 0 bridgehead atoms. The van der Waals surface area contributed by atoms with Crippen LogP contribution in [0.5, 0.6) is 0 Å². The Balaban J connectivity index is 1.85. The molecule has 0 aromatic heterocycles. The van der Waals surface area contributed by atoms with E-state index in [1.54, 1.807) is 0 Å². The van der Waals surface area contributed by atoms with E-state index in [-0.39, 0.29) is 0 Å². The molecule has 1 aliphatic carbocycles. The molecule has 0 saturated heterocycles. The maximum Gasteiger partial charge on any atom is 0.0281 e. The molecule has 2 heteroatoms. The zero-order valence-corrected chi connectivity index (χ0v) is 11.8. The van der Waals surface area contributed by atoms with Crippen molar-refractivity contribution in [2.45, 2.75) is 43.9 Å². The third kappa shape index (κ3) is 3.05. The summed E-state index contributed by atoms with van der Waals surface area (Å²) in [6, 6.07) is 8.77. The molecule has 0 aliphatic heterocycles. The Labute approximate surface area is 109 Å². The van der Waals surface area contributed by atoms with Crippen molar-refractivity contribution in [3.05, 3.63) is 35.4 Å². The quantitative estimate of drug-likeness (QED) is 0.826. The lowest BCUT2D eigenvalue weighted by Crippen LogP contribution is -2.43. The van der Waals surface area contributed by atoms with Gasteiger partial charge in [-0.2, -0.15) is 11.8 Å². The normalized spacial score (nSPS) is 17.8. The van der Waals surface area contributed by atoms with E-state index in [0.717, 1.165) is 19.5 Å². The van der Waals surface area contributed by atoms with Gasteiger partial charge < -0.3 is 5.32 Å². The van der Waals surface area contributed by atoms with Gasteiger partial charge in [0.05, 0.1) is 0 Å². The summed E-state index contributed by atoms with van der Waals surface area (Å²) in [5.41, 5.74) is 2.94. The number of hydrogen-bond acceptors (Lipinski definition) is 2. The van der Waals surface area contributed by atoms with Gasteiger partial charge in [-0.3, -0.25) is 0 Å². The molecule has 1 aliphatic rings. The lowest BCUT2D eigenvalue weighted by Gasteiger charge is -2.40. The summed E-state index contributed by atoms with van der Waals surface area (Å²) in [4.78, 5) is 0. The van der Waals surface area contributed by atoms with Gasteiger partial charge in [-0.1, -0.05) is 37.6 Å². The number of nitrogens with one attached hydrogen (secondary N) is 1. The summed E-state index contributed by atoms with van der Waals surface area (Å²) in [6.07, 6.45) is 7.56. The number of benzene rings is 1. The molecule has 1 fully saturated rings. The lowest BCUT2D eigenvalue weighted by molar-refractivity contribution is 0.345. The largest absolute Gasteiger partial charge is 0.311 e. The predicted molar refractivity (Wildman–Crippen MR) is 77.6 cm³/mol. The average Bonchev–Trinajstić information content (AvgIpc) is 2.33. The molecular formula is C15H23NS. The Hall–Kier alpha value is -0.470. The van der Waals surface area contributed by atoms with Crippen molar-refractivity contribution < 1.29 is 0 Å². The molecule has 1 nitrogen and oxygen atoms in total. The molecule has 2 rings (SSSR count). The molecule has 1 aromatic rings. The summed E-state index contributed by atoms with van der Waals surface area (Å²) in [6.45, 7) is 4.41. The van der Waals surface area contributed by atoms with Crippen molar-refractivity contribution in [2.75, 3.05) is 12.8 Å². The Morgan fingerprint density at radius 3 is 2.47 bits per heavy atom. The fourth-order valence-corrected chi connectivity index (χ4v) is 3.47. The van der Waals surface area contributed by atoms with Crippen LogP contribution in [0.3, 0.4) is 0 Å². The smallest absolute Gasteiger partial charge is 0.0281 e. The highest BCUT2D eigenvalue weighted by atomic mass is 32.2. The monoisotopic (exact) mass is 249 g/mol. The molecule has 1 saturated carbocycles. The summed E-state index contributed by atoms with van der Waals surface area (Å²) in [7, 11) is 0. The van der Waals surface area contributed by atoms with Gasteiger partial charge in [0.25, 0.3) is 0 Å². The van der Waals surface area contributed by atoms with Crippen LogP contribution in [0.25, 0.3) is 0 Å². The van der Waals surface area contributed by atoms with Gasteiger partial charge in [0.2, 0.25) is 0 Å². The summed E-state index contributed by atoms with van der Waals surface area (Å²) in [5.74, 6) is 0. The van der Waals surface area contributed by atoms with Gasteiger partial charge in [-0.05, 0) is 36.6 Å². The molecular weight excluding hydrogens is 226 g/mol. The number of hydrogen-bond donors (Lipinski definition) is 1. The van der Waals surface area contributed by atoms with Gasteiger partial charge >= 0.3 is 0 Å². The van der Waals surface area contributed by atoms with Gasteiger partial charge in [-0.15, -0.1) is 0 Å². The van der Waals surface area contributed by atoms with Crippen molar-refractivity contribution in [2.24, 2.45) is 0 Å². The van der Waals surface area contributed by atoms with Crippen LogP contribution >= 0.6 is 11.8 Å². The molecule has 0 heterocycles. The molecule has 0 atom stereocenters. The maximum atomic E-state index is 3.65. The zero-order valence-electron chi connectivity index (χ0n) is 11.0. The fraction of sp³-hybridized carbons (Fsp3) is 0.600. The Morgan fingerprint density at radius 1 is 1.24 bits per heavy atom. The number of aryl methyl sites for hydroxylation is 1. The van der Waals surface area contributed by atoms with Crippen LogP contribution < -0.4 is 5.32 Å². The first kappa shape index (κ1) is 13.0. The minimum absolute atomic E-state index is 0.543. The van der Waals surface area contributed by atoms with Gasteiger partial charge in [-0.25, -0.2) is 0 Å². The zero-order chi connectivity index (χ0) is 12.1. The van der Waals surface area contributed by atoms with Gasteiger partial charge in [0, 0.05) is 17.8 Å². The topological polar surface area (TPSA) is 12.0 Å². The highest BCUT2D eigenvalue weighted by Gasteiger charge is 2.35. The third-order valence-corrected chi connectivity index (χ3v) is 5.38. The van der Waals surface area contributed by atoms with Crippen molar-refractivity contribution in [3.63, 3.8) is 0 Å². The summed E-state index contributed by atoms with van der Waals surface area (Å²) >= 11 is 2.04. The summed E-state index contributed by atoms with van der Waals surface area (Å²) in [5, 5.41) is 3.65. The van der Waals surface area contributed by atoms with E-state index in [4.69, 9.17) is 0 Å². The van der Waals surface area contributed by atoms with Gasteiger partial charge in [0.15, 0.2) is 0 Å². The van der Waals surface area contributed by atoms with Crippen LogP contribution in [0.2, 0.25) is 0 Å². The Morgan fingerprint density at radius 2 is 1.94 bits per heavy atom. The second-order valence-corrected chi connectivity index (χ2v) is 6.24. The molecule has 0 radical (unpaired) electrons. The van der Waals surface area contributed by atoms with Crippen molar-refractivity contribution in [1.29, 1.82) is 0 Å². The molecule has 0 spiro atoms. The second-order valence-electron chi connectivity index (χ2n) is 4.97. The van der Waals surface area contributed by atoms with Crippen LogP contribution in [-0.2, 0) is 13.0 Å². The minimum Gasteiger partial charge on any atom is -0.311 e. The van der Waals surface area contributed by atoms with E-state index >= 15 is 0 Å². The second kappa shape index (κ2) is 5.92. The van der Waals surface area contributed by atoms with E-state index in [9.17, 15) is 0 Å². The molecule has 1 N–H and O–H groups in total. The summed E-state index contributed by atoms with van der Waals surface area (Å²) < 4.78 is 0.543. The minimum atomic E-state index is 0.543. The molecule has 94 valence electrons. The molecule has 0 unspecified atom stereocenters. The van der Waals surface area contributed by atoms with Crippen molar-refractivity contribution in [1.82, 2.24) is 5.32 Å². The number of thioether (sulfide) groups is 1. The lowest BCUT2D eigenvalue weighted by atomic mass is 9.84. The van der Waals surface area contributed by atoms with Crippen LogP contribution in [0, 0.1) is 0 Å². The van der Waals surface area contributed by atoms with Crippen LogP contribution in [0.1, 0.15) is 37.3 Å². The first-order chi connectivity index (χ1) is 8.29. The third-order valence-electron chi connectivity index (χ3n) is 3.96. The Bertz CT molecular complexity index is 352. The van der Waals surface area contributed by atoms with E-state index < -0.39 is 0 Å². The van der Waals surface area contributed by atoms with Crippen LogP contribution in [0.15, 0.2) is 24.3 Å². The SMILES string of the molecule is CCc1ccccc1CNCC1(SC)CCC1. The van der Waals surface area contributed by atoms with Crippen LogP contribution in [0.4, 0.5) is 0 Å². The standard InChI is InChI=1S/C15H23NS/c1-3-13-7-4-5-8-14(13)11-16-12-15(17-2)9-6-10-15/h4-5,7-8,16H,3,6,9-12H2,1-2H3. The predicted octanol–water partition coefficient (Wildman–Crippen LogP) is 3.62. The molecule has 17 heavy (non-hydrogen) atoms. The number of rotatable bonds is 6. The van der Waals surface area contributed by atoms with E-state index in [2.05, 4.69) is 42.8 Å². The van der Waals surface area contributed by atoms with Gasteiger partial charge in [0.1, 0.15) is 0 Å². The average molecular weight is 249 g/mol. The highest BCUT2D eigenvalue weighted by Crippen LogP contribution is 2.42. The van der Waals surface area contributed by atoms with E-state index in [1.165, 1.54) is 30.4 Å². The first-order valence-electron chi connectivity index (χ1n) is 6.62. The van der Waals surface area contributed by atoms with E-state index in [1.807, 2.05) is 11.8 Å². The van der Waals surface area contributed by atoms with E-state index in [0.29, 0.717) is 4.75 Å². The van der Waals surface area contributed by atoms with Crippen molar-refractivity contribution >= 4 is 11.8 Å². The highest BCUT2D eigenvalue weighted by molar-refractivity contribution is 8.00. The molecule has 1 aromatic carbocycles. The van der Waals surface area contributed by atoms with Crippen molar-refractivity contribution in [3.8, 4) is 0 Å². The first-order valence-corrected chi connectivity index (χ1v) is 7.85. The van der Waals surface area contributed by atoms with Crippen LogP contribution in [-0.4, -0.2) is 17.5 Å². The Kier molecular flexibility index (Phi) is 4.52. The fourth-order valence-electron chi connectivity index (χ4n) is 2.52. The maximum absolute atomic E-state index is 3.65.